The van der Waals surface area contributed by atoms with Crippen molar-refractivity contribution in [3.05, 3.63) is 48.6 Å². The standard InChI is InChI=1S/C47H82N2O7/c1-3-5-7-9-11-13-15-17-19-21-23-25-27-29-31-33-35-41(42(37-46(53)54)48-45(52)40-49-38-43(50)44(51)39-49)47(55)56-36-34-32-30-28-26-24-22-20-18-16-14-12-10-8-6-4-2/h11-14,17-20,41-44,50-51H,3-10,15-16,21-40H2,1-2H3,(H,48,52)(H,53,54)/b13-11-,14-12-,19-17-,20-18-/t41?,42?,43-,44+. The molecule has 1 aliphatic rings. The van der Waals surface area contributed by atoms with Crippen LogP contribution in [0, 0.1) is 5.92 Å². The quantitative estimate of drug-likeness (QED) is 0.0278. The second-order valence-electron chi connectivity index (χ2n) is 15.8. The van der Waals surface area contributed by atoms with E-state index in [4.69, 9.17) is 4.74 Å². The molecule has 1 amide bonds. The summed E-state index contributed by atoms with van der Waals surface area (Å²) in [5.41, 5.74) is 0. The summed E-state index contributed by atoms with van der Waals surface area (Å²) in [5, 5.41) is 32.3. The molecule has 1 saturated heterocycles. The van der Waals surface area contributed by atoms with E-state index in [1.54, 1.807) is 4.90 Å². The largest absolute Gasteiger partial charge is 0.481 e. The van der Waals surface area contributed by atoms with E-state index >= 15 is 0 Å². The van der Waals surface area contributed by atoms with Gasteiger partial charge in [-0.3, -0.25) is 19.3 Å². The van der Waals surface area contributed by atoms with Gasteiger partial charge in [0.25, 0.3) is 0 Å². The third-order valence-electron chi connectivity index (χ3n) is 10.5. The summed E-state index contributed by atoms with van der Waals surface area (Å²) >= 11 is 0. The highest BCUT2D eigenvalue weighted by Gasteiger charge is 2.34. The van der Waals surface area contributed by atoms with Crippen molar-refractivity contribution in [2.24, 2.45) is 5.92 Å². The number of nitrogens with zero attached hydrogens (tertiary/aromatic N) is 1. The van der Waals surface area contributed by atoms with E-state index in [0.717, 1.165) is 89.9 Å². The Balaban J connectivity index is 2.48. The zero-order chi connectivity index (χ0) is 40.9. The minimum absolute atomic E-state index is 0.0935. The lowest BCUT2D eigenvalue weighted by Gasteiger charge is -2.27. The van der Waals surface area contributed by atoms with Gasteiger partial charge in [-0.25, -0.2) is 0 Å². The van der Waals surface area contributed by atoms with E-state index in [1.165, 1.54) is 64.2 Å². The van der Waals surface area contributed by atoms with Crippen molar-refractivity contribution >= 4 is 17.8 Å². The molecule has 0 aliphatic carbocycles. The van der Waals surface area contributed by atoms with Gasteiger partial charge in [0.05, 0.1) is 43.7 Å². The molecule has 1 fully saturated rings. The number of hydrogen-bond acceptors (Lipinski definition) is 7. The van der Waals surface area contributed by atoms with Crippen LogP contribution in [0.4, 0.5) is 0 Å². The number of likely N-dealkylation sites (tertiary alicyclic amines) is 1. The molecule has 9 nitrogen and oxygen atoms in total. The first-order valence-corrected chi connectivity index (χ1v) is 22.6. The second kappa shape index (κ2) is 36.6. The van der Waals surface area contributed by atoms with Crippen LogP contribution in [0.1, 0.15) is 181 Å². The lowest BCUT2D eigenvalue weighted by Crippen LogP contribution is -2.48. The molecule has 0 aromatic rings. The van der Waals surface area contributed by atoms with Gasteiger partial charge >= 0.3 is 11.9 Å². The predicted octanol–water partition coefficient (Wildman–Crippen LogP) is 10.2. The van der Waals surface area contributed by atoms with Gasteiger partial charge in [0.1, 0.15) is 0 Å². The minimum Gasteiger partial charge on any atom is -0.481 e. The first-order chi connectivity index (χ1) is 27.3. The number of aliphatic carboxylic acids is 1. The van der Waals surface area contributed by atoms with Crippen LogP contribution < -0.4 is 5.32 Å². The Morgan fingerprint density at radius 1 is 0.625 bits per heavy atom. The van der Waals surface area contributed by atoms with Crippen LogP contribution in [0.3, 0.4) is 0 Å². The number of rotatable bonds is 37. The van der Waals surface area contributed by atoms with Crippen LogP contribution in [-0.4, -0.2) is 82.6 Å². The molecule has 1 heterocycles. The number of esters is 1. The zero-order valence-corrected chi connectivity index (χ0v) is 35.6. The highest BCUT2D eigenvalue weighted by molar-refractivity contribution is 5.81. The summed E-state index contributed by atoms with van der Waals surface area (Å²) in [6.45, 7) is 4.96. The molecule has 0 aromatic heterocycles. The maximum absolute atomic E-state index is 13.5. The lowest BCUT2D eigenvalue weighted by atomic mass is 9.90. The summed E-state index contributed by atoms with van der Waals surface area (Å²) in [6.07, 6.45) is 43.0. The average Bonchev–Trinajstić information content (AvgIpc) is 3.48. The van der Waals surface area contributed by atoms with Crippen molar-refractivity contribution in [2.75, 3.05) is 26.2 Å². The summed E-state index contributed by atoms with van der Waals surface area (Å²) in [6, 6.07) is -0.904. The van der Waals surface area contributed by atoms with Crippen LogP contribution in [0.5, 0.6) is 0 Å². The molecule has 0 aromatic carbocycles. The number of ether oxygens (including phenoxy) is 1. The van der Waals surface area contributed by atoms with Crippen LogP contribution in [0.15, 0.2) is 48.6 Å². The molecule has 4 atom stereocenters. The number of nitrogens with one attached hydrogen (secondary N) is 1. The Kier molecular flexibility index (Phi) is 33.5. The van der Waals surface area contributed by atoms with Gasteiger partial charge in [-0.15, -0.1) is 0 Å². The fourth-order valence-electron chi connectivity index (χ4n) is 7.12. The fourth-order valence-corrected chi connectivity index (χ4v) is 7.12. The molecule has 0 spiro atoms. The molecule has 0 radical (unpaired) electrons. The van der Waals surface area contributed by atoms with Crippen molar-refractivity contribution in [1.29, 1.82) is 0 Å². The first kappa shape index (κ1) is 51.3. The molecule has 9 heteroatoms. The third kappa shape index (κ3) is 29.5. The number of hydrogen-bond donors (Lipinski definition) is 4. The third-order valence-corrected chi connectivity index (χ3v) is 10.5. The fraction of sp³-hybridized carbons (Fsp3) is 0.766. The molecular weight excluding hydrogens is 705 g/mol. The van der Waals surface area contributed by atoms with Crippen molar-refractivity contribution in [1.82, 2.24) is 10.2 Å². The van der Waals surface area contributed by atoms with E-state index in [9.17, 15) is 29.7 Å². The Labute approximate surface area is 341 Å². The average molecular weight is 787 g/mol. The van der Waals surface area contributed by atoms with Crippen molar-refractivity contribution in [3.8, 4) is 0 Å². The molecule has 1 rings (SSSR count). The van der Waals surface area contributed by atoms with Crippen molar-refractivity contribution < 1.29 is 34.4 Å². The van der Waals surface area contributed by atoms with Crippen LogP contribution in [0.2, 0.25) is 0 Å². The topological polar surface area (TPSA) is 136 Å². The molecule has 1 aliphatic heterocycles. The highest BCUT2D eigenvalue weighted by atomic mass is 16.5. The monoisotopic (exact) mass is 787 g/mol. The number of aliphatic hydroxyl groups is 2. The van der Waals surface area contributed by atoms with Gasteiger partial charge < -0.3 is 25.4 Å². The Bertz CT molecular complexity index is 1090. The number of carbonyl (C=O) groups excluding carboxylic acids is 2. The number of unbranched alkanes of at least 4 members (excludes halogenated alkanes) is 18. The SMILES string of the molecule is CCCCC/C=C\C/C=C\CCCCCCCCOC(=O)C(CCCCCCCC/C=C\C/C=C\CCCCC)C(CC(=O)O)NC(=O)CN1C[C@@H](O)[C@@H](O)C1. The molecule has 2 unspecified atom stereocenters. The maximum atomic E-state index is 13.5. The minimum atomic E-state index is -1.10. The Morgan fingerprint density at radius 2 is 1.05 bits per heavy atom. The normalized spacial score (nSPS) is 17.5. The van der Waals surface area contributed by atoms with Gasteiger partial charge in [-0.1, -0.05) is 146 Å². The Hall–Kier alpha value is -2.75. The number of carboxylic acids is 1. The summed E-state index contributed by atoms with van der Waals surface area (Å²) in [7, 11) is 0. The smallest absolute Gasteiger partial charge is 0.311 e. The van der Waals surface area contributed by atoms with Gasteiger partial charge in [0.2, 0.25) is 5.91 Å². The van der Waals surface area contributed by atoms with Crippen LogP contribution in [-0.2, 0) is 19.1 Å². The number of carbonyl (C=O) groups is 3. The van der Waals surface area contributed by atoms with Crippen LogP contribution in [0.25, 0.3) is 0 Å². The summed E-state index contributed by atoms with van der Waals surface area (Å²) in [4.78, 5) is 40.0. The number of aliphatic hydroxyl groups excluding tert-OH is 2. The molecule has 0 bridgehead atoms. The highest BCUT2D eigenvalue weighted by Crippen LogP contribution is 2.21. The maximum Gasteiger partial charge on any atom is 0.311 e. The molecule has 322 valence electrons. The number of allylic oxidation sites excluding steroid dienone is 8. The molecule has 56 heavy (non-hydrogen) atoms. The van der Waals surface area contributed by atoms with Gasteiger partial charge in [0.15, 0.2) is 0 Å². The molecular formula is C47H82N2O7. The number of β-amino-alcohol motifs (C(OH)–C–C–N with tert-alkyl or cyclic N) is 2. The van der Waals surface area contributed by atoms with Crippen molar-refractivity contribution in [2.45, 2.75) is 199 Å². The summed E-state index contributed by atoms with van der Waals surface area (Å²) < 4.78 is 5.72. The van der Waals surface area contributed by atoms with E-state index in [2.05, 4.69) is 67.8 Å². The van der Waals surface area contributed by atoms with E-state index in [0.29, 0.717) is 6.42 Å². The van der Waals surface area contributed by atoms with Crippen LogP contribution >= 0.6 is 0 Å². The number of amides is 1. The number of carboxylic acid groups (broad SMARTS) is 1. The summed E-state index contributed by atoms with van der Waals surface area (Å²) in [5.74, 6) is -2.74. The van der Waals surface area contributed by atoms with Gasteiger partial charge in [-0.05, 0) is 77.0 Å². The zero-order valence-electron chi connectivity index (χ0n) is 35.6. The first-order valence-electron chi connectivity index (χ1n) is 22.6. The van der Waals surface area contributed by atoms with Gasteiger partial charge in [0, 0.05) is 13.1 Å². The van der Waals surface area contributed by atoms with Gasteiger partial charge in [-0.2, -0.15) is 0 Å². The predicted molar refractivity (Wildman–Crippen MR) is 230 cm³/mol. The molecule has 0 saturated carbocycles. The Morgan fingerprint density at radius 3 is 1.52 bits per heavy atom. The van der Waals surface area contributed by atoms with Crippen molar-refractivity contribution in [3.63, 3.8) is 0 Å². The molecule has 4 N–H and O–H groups in total. The second-order valence-corrected chi connectivity index (χ2v) is 15.8. The van der Waals surface area contributed by atoms with E-state index in [1.807, 2.05) is 0 Å². The lowest BCUT2D eigenvalue weighted by molar-refractivity contribution is -0.151. The van der Waals surface area contributed by atoms with E-state index in [-0.39, 0.29) is 32.7 Å². The van der Waals surface area contributed by atoms with E-state index < -0.39 is 42.0 Å².